The van der Waals surface area contributed by atoms with Gasteiger partial charge in [0.2, 0.25) is 5.88 Å². The van der Waals surface area contributed by atoms with Crippen molar-refractivity contribution in [3.8, 4) is 5.88 Å². The number of rotatable bonds is 0. The van der Waals surface area contributed by atoms with Gasteiger partial charge in [-0.1, -0.05) is 18.2 Å². The molecule has 0 unspecified atom stereocenters. The van der Waals surface area contributed by atoms with E-state index in [2.05, 4.69) is 9.97 Å². The van der Waals surface area contributed by atoms with Crippen LogP contribution in [0.1, 0.15) is 0 Å². The van der Waals surface area contributed by atoms with Crippen LogP contribution in [0.5, 0.6) is 5.88 Å². The Kier molecular flexibility index (Phi) is 1.71. The Hall–Kier alpha value is -2.36. The van der Waals surface area contributed by atoms with Crippen LogP contribution in [0, 0.1) is 0 Å². The Balaban J connectivity index is 2.71. The maximum absolute atomic E-state index is 11.6. The van der Waals surface area contributed by atoms with Crippen molar-refractivity contribution in [2.75, 3.05) is 0 Å². The summed E-state index contributed by atoms with van der Waals surface area (Å²) in [5, 5.41) is 11.5. The van der Waals surface area contributed by atoms with Gasteiger partial charge in [-0.05, 0) is 12.1 Å². The number of aromatic amines is 1. The molecule has 0 aliphatic rings. The third kappa shape index (κ3) is 1.10. The van der Waals surface area contributed by atoms with Crippen molar-refractivity contribution in [3.05, 3.63) is 46.9 Å². The predicted octanol–water partition coefficient (Wildman–Crippen LogP) is 1.78. The minimum atomic E-state index is -0.326. The van der Waals surface area contributed by atoms with Crippen LogP contribution in [-0.4, -0.2) is 15.1 Å². The van der Waals surface area contributed by atoms with Crippen LogP contribution >= 0.6 is 0 Å². The minimum Gasteiger partial charge on any atom is -0.493 e. The average molecular weight is 212 g/mol. The van der Waals surface area contributed by atoms with Crippen LogP contribution in [0.3, 0.4) is 0 Å². The number of nitrogens with one attached hydrogen (secondary N) is 1. The second-order valence-corrected chi connectivity index (χ2v) is 3.55. The summed E-state index contributed by atoms with van der Waals surface area (Å²) < 4.78 is 0. The maximum Gasteiger partial charge on any atom is 0.261 e. The van der Waals surface area contributed by atoms with Crippen molar-refractivity contribution >= 4 is 21.7 Å². The molecule has 0 saturated heterocycles. The lowest BCUT2D eigenvalue weighted by Gasteiger charge is -2.03. The molecule has 4 heteroatoms. The number of hydrogen-bond acceptors (Lipinski definition) is 3. The van der Waals surface area contributed by atoms with Crippen molar-refractivity contribution in [1.82, 2.24) is 9.97 Å². The number of para-hydroxylation sites is 1. The summed E-state index contributed by atoms with van der Waals surface area (Å²) in [6.45, 7) is 0. The molecule has 0 saturated carbocycles. The highest BCUT2D eigenvalue weighted by Gasteiger charge is 2.09. The van der Waals surface area contributed by atoms with Crippen LogP contribution < -0.4 is 5.56 Å². The normalized spacial score (nSPS) is 11.0. The maximum atomic E-state index is 11.6. The molecule has 0 aliphatic heterocycles. The average Bonchev–Trinajstić information content (AvgIpc) is 2.29. The number of fused-ring (bicyclic) bond motifs is 3. The Morgan fingerprint density at radius 3 is 2.81 bits per heavy atom. The van der Waals surface area contributed by atoms with E-state index in [9.17, 15) is 9.90 Å². The molecule has 1 aromatic carbocycles. The zero-order chi connectivity index (χ0) is 11.1. The lowest BCUT2D eigenvalue weighted by Crippen LogP contribution is -2.05. The molecule has 0 aliphatic carbocycles. The first kappa shape index (κ1) is 8.91. The molecule has 0 fully saturated rings. The van der Waals surface area contributed by atoms with Gasteiger partial charge in [-0.15, -0.1) is 0 Å². The summed E-state index contributed by atoms with van der Waals surface area (Å²) in [5.41, 5.74) is 0.353. The first-order valence-electron chi connectivity index (χ1n) is 4.86. The summed E-state index contributed by atoms with van der Waals surface area (Å²) in [6, 6.07) is 9.16. The number of aromatic nitrogens is 2. The van der Waals surface area contributed by atoms with E-state index in [1.54, 1.807) is 18.3 Å². The van der Waals surface area contributed by atoms with Crippen LogP contribution in [-0.2, 0) is 0 Å². The van der Waals surface area contributed by atoms with E-state index in [1.165, 1.54) is 0 Å². The van der Waals surface area contributed by atoms with Crippen molar-refractivity contribution < 1.29 is 5.11 Å². The van der Waals surface area contributed by atoms with E-state index in [0.29, 0.717) is 10.9 Å². The lowest BCUT2D eigenvalue weighted by molar-refractivity contribution is 0.462. The SMILES string of the molecule is O=c1[nH]ccc2c1c(O)nc1ccccc12. The first-order valence-corrected chi connectivity index (χ1v) is 4.86. The molecule has 2 aromatic heterocycles. The Bertz CT molecular complexity index is 747. The smallest absolute Gasteiger partial charge is 0.261 e. The zero-order valence-electron chi connectivity index (χ0n) is 8.27. The largest absolute Gasteiger partial charge is 0.493 e. The van der Waals surface area contributed by atoms with E-state index in [1.807, 2.05) is 18.2 Å². The van der Waals surface area contributed by atoms with E-state index < -0.39 is 0 Å². The summed E-state index contributed by atoms with van der Waals surface area (Å²) in [4.78, 5) is 18.1. The molecule has 4 nitrogen and oxygen atoms in total. The third-order valence-corrected chi connectivity index (χ3v) is 2.61. The fraction of sp³-hybridized carbons (Fsp3) is 0. The number of H-pyrrole nitrogens is 1. The molecule has 2 N–H and O–H groups in total. The van der Waals surface area contributed by atoms with Gasteiger partial charge in [0.25, 0.3) is 5.56 Å². The standard InChI is InChI=1S/C12H8N2O2/c15-11-10-8(5-6-13-11)7-3-1-2-4-9(7)14-12(10)16/h1-6H,(H,13,15)(H,14,16). The van der Waals surface area contributed by atoms with Gasteiger partial charge in [0, 0.05) is 17.0 Å². The van der Waals surface area contributed by atoms with E-state index in [-0.39, 0.29) is 16.8 Å². The van der Waals surface area contributed by atoms with E-state index >= 15 is 0 Å². The molecule has 2 heterocycles. The molecular formula is C12H8N2O2. The van der Waals surface area contributed by atoms with E-state index in [4.69, 9.17) is 0 Å². The molecule has 3 aromatic rings. The fourth-order valence-electron chi connectivity index (χ4n) is 1.89. The van der Waals surface area contributed by atoms with Gasteiger partial charge < -0.3 is 10.1 Å². The van der Waals surface area contributed by atoms with Gasteiger partial charge in [0.05, 0.1) is 5.52 Å². The highest BCUT2D eigenvalue weighted by molar-refractivity contribution is 6.07. The Labute approximate surface area is 90.2 Å². The van der Waals surface area contributed by atoms with Crippen molar-refractivity contribution in [2.45, 2.75) is 0 Å². The highest BCUT2D eigenvalue weighted by atomic mass is 16.3. The number of benzene rings is 1. The van der Waals surface area contributed by atoms with Gasteiger partial charge in [0.1, 0.15) is 5.39 Å². The van der Waals surface area contributed by atoms with Gasteiger partial charge >= 0.3 is 0 Å². The molecule has 0 radical (unpaired) electrons. The molecule has 3 rings (SSSR count). The number of hydrogen-bond donors (Lipinski definition) is 2. The monoisotopic (exact) mass is 212 g/mol. The molecule has 78 valence electrons. The number of aromatic hydroxyl groups is 1. The molecule has 0 atom stereocenters. The van der Waals surface area contributed by atoms with Crippen LogP contribution in [0.4, 0.5) is 0 Å². The summed E-state index contributed by atoms with van der Waals surface area (Å²) in [6.07, 6.45) is 1.57. The Morgan fingerprint density at radius 1 is 1.12 bits per heavy atom. The van der Waals surface area contributed by atoms with Gasteiger partial charge in [0.15, 0.2) is 0 Å². The number of nitrogens with zero attached hydrogens (tertiary/aromatic N) is 1. The molecule has 0 spiro atoms. The van der Waals surface area contributed by atoms with Crippen molar-refractivity contribution in [2.24, 2.45) is 0 Å². The topological polar surface area (TPSA) is 66.0 Å². The second kappa shape index (κ2) is 3.06. The quantitative estimate of drug-likeness (QED) is 0.558. The highest BCUT2D eigenvalue weighted by Crippen LogP contribution is 2.26. The molecule has 0 bridgehead atoms. The van der Waals surface area contributed by atoms with Crippen LogP contribution in [0.25, 0.3) is 21.7 Å². The van der Waals surface area contributed by atoms with E-state index in [0.717, 1.165) is 5.39 Å². The number of pyridine rings is 2. The molecule has 16 heavy (non-hydrogen) atoms. The summed E-state index contributed by atoms with van der Waals surface area (Å²) >= 11 is 0. The molecule has 0 amide bonds. The second-order valence-electron chi connectivity index (χ2n) is 3.55. The predicted molar refractivity (Wildman–Crippen MR) is 61.5 cm³/mol. The Morgan fingerprint density at radius 2 is 1.94 bits per heavy atom. The van der Waals surface area contributed by atoms with Crippen LogP contribution in [0.2, 0.25) is 0 Å². The van der Waals surface area contributed by atoms with Crippen LogP contribution in [0.15, 0.2) is 41.3 Å². The lowest BCUT2D eigenvalue weighted by atomic mass is 10.1. The third-order valence-electron chi connectivity index (χ3n) is 2.61. The van der Waals surface area contributed by atoms with Crippen molar-refractivity contribution in [1.29, 1.82) is 0 Å². The van der Waals surface area contributed by atoms with Gasteiger partial charge in [-0.3, -0.25) is 4.79 Å². The zero-order valence-corrected chi connectivity index (χ0v) is 8.27. The first-order chi connectivity index (χ1) is 7.77. The molecular weight excluding hydrogens is 204 g/mol. The summed E-state index contributed by atoms with van der Waals surface area (Å²) in [7, 11) is 0. The fourth-order valence-corrected chi connectivity index (χ4v) is 1.89. The minimum absolute atomic E-state index is 0.226. The van der Waals surface area contributed by atoms with Gasteiger partial charge in [-0.25, -0.2) is 4.98 Å². The van der Waals surface area contributed by atoms with Crippen molar-refractivity contribution in [3.63, 3.8) is 0 Å². The summed E-state index contributed by atoms with van der Waals surface area (Å²) in [5.74, 6) is -0.226. The van der Waals surface area contributed by atoms with Gasteiger partial charge in [-0.2, -0.15) is 0 Å².